The highest BCUT2D eigenvalue weighted by Gasteiger charge is 2.17. The molecule has 4 aromatic rings. The van der Waals surface area contributed by atoms with E-state index in [9.17, 15) is 4.79 Å². The van der Waals surface area contributed by atoms with Crippen molar-refractivity contribution >= 4 is 52.4 Å². The molecule has 35 heavy (non-hydrogen) atoms. The summed E-state index contributed by atoms with van der Waals surface area (Å²) in [6.45, 7) is 1.71. The lowest BCUT2D eigenvalue weighted by Gasteiger charge is -2.16. The molecule has 0 radical (unpaired) electrons. The molecule has 9 nitrogen and oxygen atoms in total. The van der Waals surface area contributed by atoms with Crippen LogP contribution in [0.3, 0.4) is 0 Å². The number of nitrogens with zero attached hydrogens (tertiary/aromatic N) is 3. The largest absolute Gasteiger partial charge is 0.495 e. The number of methoxy groups -OCH3 is 1. The molecular weight excluding hydrogens is 466 g/mol. The predicted molar refractivity (Wildman–Crippen MR) is 139 cm³/mol. The average Bonchev–Trinajstić information content (AvgIpc) is 2.85. The first kappa shape index (κ1) is 23.8. The minimum absolute atomic E-state index is 0.229. The summed E-state index contributed by atoms with van der Waals surface area (Å²) in [7, 11) is 1.53. The number of ether oxygens (including phenoxy) is 1. The molecule has 0 fully saturated rings. The highest BCUT2D eigenvalue weighted by atomic mass is 35.5. The van der Waals surface area contributed by atoms with Crippen LogP contribution in [0, 0.1) is 0 Å². The first-order chi connectivity index (χ1) is 17.0. The van der Waals surface area contributed by atoms with Crippen molar-refractivity contribution in [2.24, 2.45) is 0 Å². The zero-order chi connectivity index (χ0) is 24.6. The van der Waals surface area contributed by atoms with Gasteiger partial charge >= 0.3 is 0 Å². The van der Waals surface area contributed by atoms with E-state index in [1.165, 1.54) is 7.11 Å². The van der Waals surface area contributed by atoms with Crippen molar-refractivity contribution in [1.82, 2.24) is 15.0 Å². The standard InChI is InChI=1S/C25H24ClN7O2/c1-16(22(34)28-19-13-14-21(35-2)20(26)15-19)27-23-31-24(29-17-9-5-3-6-10-17)33-25(32-23)30-18-11-7-4-8-12-18/h3-16H,1-2H3,(H,28,34)(H3,27,29,30,31,32,33)/t16-/m0/s1. The molecule has 10 heteroatoms. The number of hydrogen-bond acceptors (Lipinski definition) is 8. The average molecular weight is 490 g/mol. The van der Waals surface area contributed by atoms with E-state index in [-0.39, 0.29) is 11.9 Å². The van der Waals surface area contributed by atoms with Crippen LogP contribution in [0.1, 0.15) is 6.92 Å². The predicted octanol–water partition coefficient (Wildman–Crippen LogP) is 5.46. The second-order valence-corrected chi connectivity index (χ2v) is 7.90. The van der Waals surface area contributed by atoms with Crippen LogP contribution in [-0.2, 0) is 4.79 Å². The Labute approximate surface area is 207 Å². The van der Waals surface area contributed by atoms with Crippen LogP contribution in [0.4, 0.5) is 34.9 Å². The van der Waals surface area contributed by atoms with Crippen molar-refractivity contribution in [2.75, 3.05) is 28.4 Å². The van der Waals surface area contributed by atoms with Gasteiger partial charge in [-0.1, -0.05) is 48.0 Å². The Morgan fingerprint density at radius 1 is 0.800 bits per heavy atom. The Morgan fingerprint density at radius 3 is 1.86 bits per heavy atom. The van der Waals surface area contributed by atoms with E-state index in [1.54, 1.807) is 25.1 Å². The van der Waals surface area contributed by atoms with Gasteiger partial charge in [0.1, 0.15) is 11.8 Å². The van der Waals surface area contributed by atoms with Crippen molar-refractivity contribution in [2.45, 2.75) is 13.0 Å². The molecule has 4 rings (SSSR count). The van der Waals surface area contributed by atoms with Crippen LogP contribution >= 0.6 is 11.6 Å². The Kier molecular flexibility index (Phi) is 7.59. The molecule has 0 aliphatic heterocycles. The van der Waals surface area contributed by atoms with E-state index >= 15 is 0 Å². The summed E-state index contributed by atoms with van der Waals surface area (Å²) in [6.07, 6.45) is 0. The number of amides is 1. The van der Waals surface area contributed by atoms with Crippen molar-refractivity contribution in [3.8, 4) is 5.75 Å². The number of benzene rings is 3. The molecular formula is C25H24ClN7O2. The van der Waals surface area contributed by atoms with Crippen LogP contribution in [0.2, 0.25) is 5.02 Å². The van der Waals surface area contributed by atoms with Gasteiger partial charge in [-0.2, -0.15) is 15.0 Å². The lowest BCUT2D eigenvalue weighted by molar-refractivity contribution is -0.116. The molecule has 1 amide bonds. The van der Waals surface area contributed by atoms with Crippen LogP contribution in [0.15, 0.2) is 78.9 Å². The summed E-state index contributed by atoms with van der Waals surface area (Å²) in [5.74, 6) is 1.11. The third-order valence-corrected chi connectivity index (χ3v) is 5.15. The van der Waals surface area contributed by atoms with Gasteiger partial charge < -0.3 is 26.0 Å². The highest BCUT2D eigenvalue weighted by Crippen LogP contribution is 2.27. The second kappa shape index (κ2) is 11.2. The molecule has 0 bridgehead atoms. The monoisotopic (exact) mass is 489 g/mol. The minimum Gasteiger partial charge on any atom is -0.495 e. The maximum atomic E-state index is 12.8. The van der Waals surface area contributed by atoms with Gasteiger partial charge in [0.25, 0.3) is 0 Å². The van der Waals surface area contributed by atoms with Gasteiger partial charge in [0.2, 0.25) is 23.8 Å². The fourth-order valence-corrected chi connectivity index (χ4v) is 3.36. The number of carbonyl (C=O) groups excluding carboxylic acids is 1. The van der Waals surface area contributed by atoms with E-state index in [4.69, 9.17) is 16.3 Å². The smallest absolute Gasteiger partial charge is 0.246 e. The topological polar surface area (TPSA) is 113 Å². The number of hydrogen-bond donors (Lipinski definition) is 4. The van der Waals surface area contributed by atoms with E-state index in [1.807, 2.05) is 60.7 Å². The van der Waals surface area contributed by atoms with E-state index in [0.717, 1.165) is 11.4 Å². The Bertz CT molecular complexity index is 1230. The fourth-order valence-electron chi connectivity index (χ4n) is 3.11. The fraction of sp³-hybridized carbons (Fsp3) is 0.120. The van der Waals surface area contributed by atoms with Gasteiger partial charge in [0.15, 0.2) is 0 Å². The molecule has 0 spiro atoms. The molecule has 0 unspecified atom stereocenters. The summed E-state index contributed by atoms with van der Waals surface area (Å²) in [5.41, 5.74) is 2.18. The van der Waals surface area contributed by atoms with E-state index in [2.05, 4.69) is 36.2 Å². The number of carbonyl (C=O) groups is 1. The lowest BCUT2D eigenvalue weighted by Crippen LogP contribution is -2.32. The lowest BCUT2D eigenvalue weighted by atomic mass is 10.2. The molecule has 178 valence electrons. The number of rotatable bonds is 9. The number of nitrogens with one attached hydrogen (secondary N) is 4. The molecule has 1 aromatic heterocycles. The molecule has 0 saturated carbocycles. The number of anilines is 6. The maximum absolute atomic E-state index is 12.8. The Balaban J connectivity index is 1.52. The zero-order valence-corrected chi connectivity index (χ0v) is 19.9. The van der Waals surface area contributed by atoms with Crippen molar-refractivity contribution in [1.29, 1.82) is 0 Å². The van der Waals surface area contributed by atoms with Gasteiger partial charge in [-0.15, -0.1) is 0 Å². The highest BCUT2D eigenvalue weighted by molar-refractivity contribution is 6.32. The normalized spacial score (nSPS) is 11.3. The minimum atomic E-state index is -0.660. The van der Waals surface area contributed by atoms with E-state index in [0.29, 0.717) is 28.4 Å². The zero-order valence-electron chi connectivity index (χ0n) is 19.1. The first-order valence-electron chi connectivity index (χ1n) is 10.8. The molecule has 3 aromatic carbocycles. The molecule has 0 aliphatic rings. The molecule has 4 N–H and O–H groups in total. The number of halogens is 1. The molecule has 0 saturated heterocycles. The Morgan fingerprint density at radius 2 is 1.34 bits per heavy atom. The Hall–Kier alpha value is -4.37. The van der Waals surface area contributed by atoms with Gasteiger partial charge in [-0.05, 0) is 49.4 Å². The summed E-state index contributed by atoms with van der Waals surface area (Å²) >= 11 is 6.16. The van der Waals surface area contributed by atoms with Crippen LogP contribution in [0.5, 0.6) is 5.75 Å². The van der Waals surface area contributed by atoms with Crippen LogP contribution in [-0.4, -0.2) is 34.0 Å². The van der Waals surface area contributed by atoms with Crippen molar-refractivity contribution < 1.29 is 9.53 Å². The van der Waals surface area contributed by atoms with Gasteiger partial charge in [0.05, 0.1) is 12.1 Å². The van der Waals surface area contributed by atoms with Crippen molar-refractivity contribution in [3.05, 3.63) is 83.9 Å². The van der Waals surface area contributed by atoms with Gasteiger partial charge in [-0.25, -0.2) is 0 Å². The molecule has 1 heterocycles. The summed E-state index contributed by atoms with van der Waals surface area (Å²) in [4.78, 5) is 26.1. The van der Waals surface area contributed by atoms with Crippen molar-refractivity contribution in [3.63, 3.8) is 0 Å². The number of aromatic nitrogens is 3. The summed E-state index contributed by atoms with van der Waals surface area (Å²) in [5, 5.41) is 12.6. The molecule has 0 aliphatic carbocycles. The van der Waals surface area contributed by atoms with Gasteiger partial charge in [-0.3, -0.25) is 4.79 Å². The van der Waals surface area contributed by atoms with Crippen LogP contribution in [0.25, 0.3) is 0 Å². The first-order valence-corrected chi connectivity index (χ1v) is 11.2. The molecule has 1 atom stereocenters. The van der Waals surface area contributed by atoms with E-state index < -0.39 is 6.04 Å². The summed E-state index contributed by atoms with van der Waals surface area (Å²) < 4.78 is 5.15. The van der Waals surface area contributed by atoms with Crippen LogP contribution < -0.4 is 26.0 Å². The SMILES string of the molecule is COc1ccc(NC(=O)[C@H](C)Nc2nc(Nc3ccccc3)nc(Nc3ccccc3)n2)cc1Cl. The summed E-state index contributed by atoms with van der Waals surface area (Å²) in [6, 6.07) is 23.4. The second-order valence-electron chi connectivity index (χ2n) is 7.49. The quantitative estimate of drug-likeness (QED) is 0.245. The maximum Gasteiger partial charge on any atom is 0.246 e. The number of para-hydroxylation sites is 2. The van der Waals surface area contributed by atoms with Gasteiger partial charge in [0, 0.05) is 17.1 Å². The third-order valence-electron chi connectivity index (χ3n) is 4.85. The third kappa shape index (κ3) is 6.58.